The average Bonchev–Trinajstić information content (AvgIpc) is 2.46. The van der Waals surface area contributed by atoms with E-state index in [1.54, 1.807) is 18.2 Å². The number of thioether (sulfide) groups is 1. The third-order valence-electron chi connectivity index (χ3n) is 2.52. The van der Waals surface area contributed by atoms with Gasteiger partial charge in [0.1, 0.15) is 0 Å². The maximum Gasteiger partial charge on any atom is 0.315 e. The van der Waals surface area contributed by atoms with E-state index in [1.807, 2.05) is 13.2 Å². The Bertz CT molecular complexity index is 732. The Balaban J connectivity index is 2.68. The molecule has 2 heterocycles. The van der Waals surface area contributed by atoms with Gasteiger partial charge in [-0.05, 0) is 31.4 Å². The van der Waals surface area contributed by atoms with Crippen molar-refractivity contribution < 1.29 is 12.6 Å². The van der Waals surface area contributed by atoms with E-state index in [4.69, 9.17) is 0 Å². The summed E-state index contributed by atoms with van der Waals surface area (Å²) in [7, 11) is -2.78. The molecule has 2 aromatic heterocycles. The molecule has 6 nitrogen and oxygen atoms in total. The third-order valence-corrected chi connectivity index (χ3v) is 4.31. The summed E-state index contributed by atoms with van der Waals surface area (Å²) in [6.45, 7) is 1.83. The minimum Gasteiger partial charge on any atom is -0.269 e. The monoisotopic (exact) mass is 311 g/mol. The zero-order valence-corrected chi connectivity index (χ0v) is 12.8. The lowest BCUT2D eigenvalue weighted by Gasteiger charge is -2.08. The zero-order valence-electron chi connectivity index (χ0n) is 11.2. The molecule has 0 atom stereocenters. The van der Waals surface area contributed by atoms with E-state index in [1.165, 1.54) is 18.0 Å². The molecule has 0 aliphatic rings. The fourth-order valence-corrected chi connectivity index (χ4v) is 2.85. The van der Waals surface area contributed by atoms with Crippen LogP contribution < -0.4 is 0 Å². The Morgan fingerprint density at radius 1 is 1.30 bits per heavy atom. The molecular formula is C12H13N3O3S2. The fraction of sp³-hybridized carbons (Fsp3) is 0.250. The van der Waals surface area contributed by atoms with Crippen molar-refractivity contribution >= 4 is 21.9 Å². The quantitative estimate of drug-likeness (QED) is 0.484. The van der Waals surface area contributed by atoms with Crippen LogP contribution >= 0.6 is 11.8 Å². The van der Waals surface area contributed by atoms with Gasteiger partial charge in [-0.1, -0.05) is 11.8 Å². The molecule has 0 saturated carbocycles. The second-order valence-electron chi connectivity index (χ2n) is 3.86. The van der Waals surface area contributed by atoms with Gasteiger partial charge in [-0.25, -0.2) is 15.0 Å². The predicted molar refractivity (Wildman–Crippen MR) is 76.0 cm³/mol. The first-order valence-corrected chi connectivity index (χ1v) is 8.27. The zero-order chi connectivity index (χ0) is 14.8. The summed E-state index contributed by atoms with van der Waals surface area (Å²) < 4.78 is 28.3. The van der Waals surface area contributed by atoms with Crippen molar-refractivity contribution in [2.45, 2.75) is 17.1 Å². The molecule has 0 radical (unpaired) electrons. The first-order valence-electron chi connectivity index (χ1n) is 5.63. The van der Waals surface area contributed by atoms with Crippen molar-refractivity contribution in [3.05, 3.63) is 30.1 Å². The molecular weight excluding hydrogens is 298 g/mol. The van der Waals surface area contributed by atoms with Crippen LogP contribution in [0.25, 0.3) is 11.3 Å². The first-order chi connectivity index (χ1) is 9.47. The topological polar surface area (TPSA) is 82.0 Å². The summed E-state index contributed by atoms with van der Waals surface area (Å²) >= 11 is 1.39. The molecule has 0 amide bonds. The number of rotatable bonds is 4. The molecule has 0 saturated heterocycles. The highest BCUT2D eigenvalue weighted by Crippen LogP contribution is 2.26. The van der Waals surface area contributed by atoms with E-state index in [-0.39, 0.29) is 5.03 Å². The van der Waals surface area contributed by atoms with E-state index >= 15 is 0 Å². The van der Waals surface area contributed by atoms with Gasteiger partial charge in [0.2, 0.25) is 0 Å². The van der Waals surface area contributed by atoms with E-state index < -0.39 is 10.1 Å². The van der Waals surface area contributed by atoms with Crippen molar-refractivity contribution in [3.8, 4) is 11.3 Å². The van der Waals surface area contributed by atoms with Crippen molar-refractivity contribution in [2.24, 2.45) is 0 Å². The Kier molecular flexibility index (Phi) is 4.36. The fourth-order valence-electron chi connectivity index (χ4n) is 1.63. The van der Waals surface area contributed by atoms with Gasteiger partial charge >= 0.3 is 10.1 Å². The van der Waals surface area contributed by atoms with Gasteiger partial charge in [-0.15, -0.1) is 0 Å². The van der Waals surface area contributed by atoms with Crippen LogP contribution in [-0.4, -0.2) is 36.7 Å². The Morgan fingerprint density at radius 2 is 2.05 bits per heavy atom. The highest BCUT2D eigenvalue weighted by molar-refractivity contribution is 7.98. The van der Waals surface area contributed by atoms with Crippen molar-refractivity contribution in [3.63, 3.8) is 0 Å². The highest BCUT2D eigenvalue weighted by Gasteiger charge is 2.21. The summed E-state index contributed by atoms with van der Waals surface area (Å²) in [6.07, 6.45) is 3.26. The Labute approximate surface area is 121 Å². The smallest absolute Gasteiger partial charge is 0.269 e. The number of aromatic nitrogens is 3. The van der Waals surface area contributed by atoms with E-state index in [9.17, 15) is 8.42 Å². The minimum absolute atomic E-state index is 0.146. The second-order valence-corrected chi connectivity index (χ2v) is 6.26. The van der Waals surface area contributed by atoms with Crippen LogP contribution in [0.2, 0.25) is 0 Å². The van der Waals surface area contributed by atoms with Crippen molar-refractivity contribution in [1.29, 1.82) is 0 Å². The molecule has 0 aliphatic heterocycles. The molecule has 0 spiro atoms. The lowest BCUT2D eigenvalue weighted by atomic mass is 10.2. The van der Waals surface area contributed by atoms with Crippen LogP contribution in [0.1, 0.15) is 5.69 Å². The van der Waals surface area contributed by atoms with Gasteiger partial charge in [-0.3, -0.25) is 4.18 Å². The van der Waals surface area contributed by atoms with Crippen molar-refractivity contribution in [1.82, 2.24) is 15.0 Å². The molecule has 0 fully saturated rings. The summed E-state index contributed by atoms with van der Waals surface area (Å²) in [6, 6.07) is 5.01. The summed E-state index contributed by atoms with van der Waals surface area (Å²) in [5.41, 5.74) is 1.66. The highest BCUT2D eigenvalue weighted by atomic mass is 32.2. The largest absolute Gasteiger partial charge is 0.315 e. The molecule has 0 aliphatic carbocycles. The summed E-state index contributed by atoms with van der Waals surface area (Å²) in [5.74, 6) is 0. The number of hydrogen-bond acceptors (Lipinski definition) is 7. The van der Waals surface area contributed by atoms with Gasteiger partial charge in [0.15, 0.2) is 10.2 Å². The van der Waals surface area contributed by atoms with Crippen LogP contribution in [0.3, 0.4) is 0 Å². The average molecular weight is 311 g/mol. The molecule has 2 rings (SSSR count). The Hall–Kier alpha value is -1.51. The van der Waals surface area contributed by atoms with Gasteiger partial charge in [-0.2, -0.15) is 8.42 Å². The van der Waals surface area contributed by atoms with Gasteiger partial charge in [0, 0.05) is 17.5 Å². The number of pyridine rings is 1. The molecule has 0 N–H and O–H groups in total. The van der Waals surface area contributed by atoms with Crippen LogP contribution in [0.4, 0.5) is 0 Å². The minimum atomic E-state index is -3.89. The van der Waals surface area contributed by atoms with Crippen molar-refractivity contribution in [2.75, 3.05) is 13.4 Å². The summed E-state index contributed by atoms with van der Waals surface area (Å²) in [4.78, 5) is 12.5. The third kappa shape index (κ3) is 2.97. The normalized spacial score (nSPS) is 11.6. The molecule has 0 aromatic carbocycles. The standard InChI is InChI=1S/C12H13N3O3S2/c1-8-7-10(15-12(14-8)19-3)9-5-4-6-13-11(9)20(16,17)18-2/h4-7H,1-3H3. The van der Waals surface area contributed by atoms with Crippen LogP contribution in [0.15, 0.2) is 34.6 Å². The predicted octanol–water partition coefficient (Wildman–Crippen LogP) is 1.90. The molecule has 20 heavy (non-hydrogen) atoms. The second kappa shape index (κ2) is 5.86. The number of hydrogen-bond donors (Lipinski definition) is 0. The number of nitrogens with zero attached hydrogens (tertiary/aromatic N) is 3. The lowest BCUT2D eigenvalue weighted by Crippen LogP contribution is -2.08. The number of aryl methyl sites for hydroxylation is 1. The summed E-state index contributed by atoms with van der Waals surface area (Å²) in [5, 5.41) is 0.428. The SMILES string of the molecule is COS(=O)(=O)c1ncccc1-c1cc(C)nc(SC)n1. The molecule has 2 aromatic rings. The van der Waals surface area contributed by atoms with Crippen LogP contribution in [0.5, 0.6) is 0 Å². The van der Waals surface area contributed by atoms with E-state index in [0.717, 1.165) is 12.8 Å². The molecule has 106 valence electrons. The van der Waals surface area contributed by atoms with E-state index in [2.05, 4.69) is 19.1 Å². The van der Waals surface area contributed by atoms with Crippen LogP contribution in [0, 0.1) is 6.92 Å². The molecule has 0 unspecified atom stereocenters. The first kappa shape index (κ1) is 14.9. The van der Waals surface area contributed by atoms with Gasteiger partial charge < -0.3 is 0 Å². The molecule has 8 heteroatoms. The maximum atomic E-state index is 11.9. The van der Waals surface area contributed by atoms with Gasteiger partial charge in [0.05, 0.1) is 12.8 Å². The molecule has 0 bridgehead atoms. The maximum absolute atomic E-state index is 11.9. The van der Waals surface area contributed by atoms with Crippen LogP contribution in [-0.2, 0) is 14.3 Å². The van der Waals surface area contributed by atoms with Gasteiger partial charge in [0.25, 0.3) is 0 Å². The Morgan fingerprint density at radius 3 is 2.70 bits per heavy atom. The van der Waals surface area contributed by atoms with E-state index in [0.29, 0.717) is 16.4 Å². The lowest BCUT2D eigenvalue weighted by molar-refractivity contribution is 0.395.